The van der Waals surface area contributed by atoms with E-state index in [4.69, 9.17) is 14.9 Å². The van der Waals surface area contributed by atoms with Gasteiger partial charge in [0.25, 0.3) is 0 Å². The number of rotatable bonds is 5. The van der Waals surface area contributed by atoms with Crippen molar-refractivity contribution in [1.82, 2.24) is 0 Å². The molecular weight excluding hydrogens is 406 g/mol. The molecule has 1 atom stereocenters. The number of phenols is 2. The lowest BCUT2D eigenvalue weighted by Gasteiger charge is -2.09. The first kappa shape index (κ1) is 22.7. The second-order valence-corrected chi connectivity index (χ2v) is 7.06. The van der Waals surface area contributed by atoms with Gasteiger partial charge in [-0.3, -0.25) is 9.78 Å². The zero-order valence-electron chi connectivity index (χ0n) is 17.6. The van der Waals surface area contributed by atoms with Gasteiger partial charge in [-0.1, -0.05) is 48.5 Å². The van der Waals surface area contributed by atoms with E-state index in [-0.39, 0.29) is 11.5 Å². The van der Waals surface area contributed by atoms with Crippen LogP contribution in [0.25, 0.3) is 22.3 Å². The van der Waals surface area contributed by atoms with Crippen molar-refractivity contribution in [3.05, 3.63) is 97.1 Å². The first-order valence-corrected chi connectivity index (χ1v) is 9.98. The molecule has 0 amide bonds. The van der Waals surface area contributed by atoms with Gasteiger partial charge in [0.2, 0.25) is 0 Å². The van der Waals surface area contributed by atoms with Crippen molar-refractivity contribution in [3.8, 4) is 45.3 Å². The van der Waals surface area contributed by atoms with E-state index in [1.807, 2.05) is 48.5 Å². The van der Waals surface area contributed by atoms with Gasteiger partial charge in [-0.15, -0.1) is 0 Å². The van der Waals surface area contributed by atoms with Gasteiger partial charge in [0, 0.05) is 0 Å². The number of nitrogens with two attached hydrogens (primary N) is 1. The van der Waals surface area contributed by atoms with Crippen LogP contribution in [0.3, 0.4) is 0 Å². The summed E-state index contributed by atoms with van der Waals surface area (Å²) in [7, 11) is 0. The standard InChI is InChI=1S/C24H18O4.C2H7NO/c25-21-9-1-5-17(13-21)19-7-3-11-23(15-19)27-28-24-12-4-8-20(16-24)18-6-2-10-22(26)14-18;1-2(3)4/h1-16,25-26H;2,4H,3H2,1H3. The maximum Gasteiger partial charge on any atom is 0.179 e. The first-order valence-electron chi connectivity index (χ1n) is 9.98. The molecule has 0 aliphatic rings. The Balaban J connectivity index is 0.000000668. The highest BCUT2D eigenvalue weighted by molar-refractivity contribution is 5.67. The van der Waals surface area contributed by atoms with E-state index in [1.165, 1.54) is 6.92 Å². The third-order valence-electron chi connectivity index (χ3n) is 4.26. The SMILES string of the molecule is CC(N)O.Oc1cccc(-c2cccc(OOc3cccc(-c4cccc(O)c4)c3)c2)c1. The summed E-state index contributed by atoms with van der Waals surface area (Å²) in [5, 5.41) is 27.2. The minimum Gasteiger partial charge on any atom is -0.508 e. The Kier molecular flexibility index (Phi) is 7.70. The maximum absolute atomic E-state index is 9.66. The summed E-state index contributed by atoms with van der Waals surface area (Å²) in [6.45, 7) is 1.50. The minimum absolute atomic E-state index is 0.212. The van der Waals surface area contributed by atoms with Crippen LogP contribution >= 0.6 is 0 Å². The second kappa shape index (κ2) is 10.9. The van der Waals surface area contributed by atoms with Gasteiger partial charge in [0.05, 0.1) is 6.23 Å². The lowest BCUT2D eigenvalue weighted by molar-refractivity contribution is -0.0998. The largest absolute Gasteiger partial charge is 0.508 e. The molecule has 6 nitrogen and oxygen atoms in total. The monoisotopic (exact) mass is 431 g/mol. The summed E-state index contributed by atoms with van der Waals surface area (Å²) in [5.74, 6) is 1.51. The van der Waals surface area contributed by atoms with Crippen LogP contribution < -0.4 is 15.5 Å². The Morgan fingerprint density at radius 3 is 1.25 bits per heavy atom. The van der Waals surface area contributed by atoms with E-state index in [1.54, 1.807) is 48.5 Å². The van der Waals surface area contributed by atoms with Crippen molar-refractivity contribution >= 4 is 0 Å². The zero-order valence-corrected chi connectivity index (χ0v) is 17.6. The molecule has 5 N–H and O–H groups in total. The smallest absolute Gasteiger partial charge is 0.179 e. The fourth-order valence-corrected chi connectivity index (χ4v) is 2.92. The summed E-state index contributed by atoms with van der Waals surface area (Å²) >= 11 is 0. The molecule has 0 aliphatic heterocycles. The zero-order chi connectivity index (χ0) is 22.9. The van der Waals surface area contributed by atoms with Crippen molar-refractivity contribution in [2.24, 2.45) is 5.73 Å². The van der Waals surface area contributed by atoms with E-state index in [2.05, 4.69) is 5.73 Å². The molecule has 0 heterocycles. The normalized spacial score (nSPS) is 11.1. The summed E-state index contributed by atoms with van der Waals surface area (Å²) < 4.78 is 0. The van der Waals surface area contributed by atoms with Gasteiger partial charge in [-0.2, -0.15) is 0 Å². The van der Waals surface area contributed by atoms with E-state index in [0.29, 0.717) is 11.5 Å². The third-order valence-corrected chi connectivity index (χ3v) is 4.26. The Morgan fingerprint density at radius 1 is 0.594 bits per heavy atom. The van der Waals surface area contributed by atoms with E-state index in [0.717, 1.165) is 22.3 Å². The molecule has 0 spiro atoms. The fraction of sp³-hybridized carbons (Fsp3) is 0.0769. The number of hydrogen-bond acceptors (Lipinski definition) is 6. The Bertz CT molecular complexity index is 1070. The Morgan fingerprint density at radius 2 is 0.906 bits per heavy atom. The van der Waals surface area contributed by atoms with Crippen molar-refractivity contribution in [2.75, 3.05) is 0 Å². The number of phenolic OH excluding ortho intramolecular Hbond substituents is 2. The summed E-state index contributed by atoms with van der Waals surface area (Å²) in [6, 6.07) is 28.9. The predicted octanol–water partition coefficient (Wildman–Crippen LogP) is 5.09. The van der Waals surface area contributed by atoms with Crippen molar-refractivity contribution in [1.29, 1.82) is 0 Å². The van der Waals surface area contributed by atoms with Crippen LogP contribution in [-0.2, 0) is 0 Å². The molecule has 0 radical (unpaired) electrons. The van der Waals surface area contributed by atoms with Crippen LogP contribution in [0.1, 0.15) is 6.92 Å². The molecule has 6 heteroatoms. The second-order valence-electron chi connectivity index (χ2n) is 7.06. The molecule has 0 saturated heterocycles. The molecule has 4 rings (SSSR count). The fourth-order valence-electron chi connectivity index (χ4n) is 2.92. The van der Waals surface area contributed by atoms with E-state index in [9.17, 15) is 10.2 Å². The van der Waals surface area contributed by atoms with Crippen molar-refractivity contribution in [3.63, 3.8) is 0 Å². The van der Waals surface area contributed by atoms with Crippen LogP contribution in [0.4, 0.5) is 0 Å². The summed E-state index contributed by atoms with van der Waals surface area (Å²) in [5.41, 5.74) is 8.25. The molecule has 4 aromatic carbocycles. The number of aliphatic hydroxyl groups excluding tert-OH is 1. The molecule has 0 aliphatic carbocycles. The minimum atomic E-state index is -0.667. The maximum atomic E-state index is 9.66. The summed E-state index contributed by atoms with van der Waals surface area (Å²) in [6.07, 6.45) is -0.667. The molecule has 4 aromatic rings. The molecule has 0 bridgehead atoms. The number of aliphatic hydroxyl groups is 1. The molecule has 1 unspecified atom stereocenters. The molecule has 164 valence electrons. The molecule has 0 fully saturated rings. The van der Waals surface area contributed by atoms with Gasteiger partial charge < -0.3 is 21.1 Å². The number of aromatic hydroxyl groups is 2. The first-order chi connectivity index (χ1) is 15.4. The quantitative estimate of drug-likeness (QED) is 0.199. The highest BCUT2D eigenvalue weighted by atomic mass is 17.2. The van der Waals surface area contributed by atoms with Crippen LogP contribution in [0.15, 0.2) is 97.1 Å². The van der Waals surface area contributed by atoms with Crippen molar-refractivity contribution < 1.29 is 25.1 Å². The molecule has 32 heavy (non-hydrogen) atoms. The van der Waals surface area contributed by atoms with Gasteiger partial charge >= 0.3 is 0 Å². The average Bonchev–Trinajstić information content (AvgIpc) is 2.78. The number of benzene rings is 4. The molecule has 0 saturated carbocycles. The summed E-state index contributed by atoms with van der Waals surface area (Å²) in [4.78, 5) is 11.0. The van der Waals surface area contributed by atoms with Crippen LogP contribution in [0.2, 0.25) is 0 Å². The van der Waals surface area contributed by atoms with E-state index >= 15 is 0 Å². The topological polar surface area (TPSA) is 105 Å². The average molecular weight is 431 g/mol. The Labute approximate surface area is 186 Å². The highest BCUT2D eigenvalue weighted by Crippen LogP contribution is 2.29. The van der Waals surface area contributed by atoms with Crippen LogP contribution in [0.5, 0.6) is 23.0 Å². The molecule has 0 aromatic heterocycles. The predicted molar refractivity (Wildman–Crippen MR) is 124 cm³/mol. The molecular formula is C26H25NO5. The van der Waals surface area contributed by atoms with Gasteiger partial charge in [0.15, 0.2) is 11.5 Å². The van der Waals surface area contributed by atoms with E-state index < -0.39 is 6.23 Å². The van der Waals surface area contributed by atoms with Gasteiger partial charge in [0.1, 0.15) is 11.5 Å². The lowest BCUT2D eigenvalue weighted by Crippen LogP contribution is -2.11. The Hall–Kier alpha value is -4.00. The third kappa shape index (κ3) is 6.77. The lowest BCUT2D eigenvalue weighted by atomic mass is 10.1. The van der Waals surface area contributed by atoms with Crippen LogP contribution in [-0.4, -0.2) is 21.5 Å². The van der Waals surface area contributed by atoms with Gasteiger partial charge in [-0.05, 0) is 77.7 Å². The van der Waals surface area contributed by atoms with Gasteiger partial charge in [-0.25, -0.2) is 0 Å². The number of hydrogen-bond donors (Lipinski definition) is 4. The van der Waals surface area contributed by atoms with Crippen LogP contribution in [0, 0.1) is 0 Å². The van der Waals surface area contributed by atoms with Crippen molar-refractivity contribution in [2.45, 2.75) is 13.2 Å². The highest BCUT2D eigenvalue weighted by Gasteiger charge is 2.05.